The minimum atomic E-state index is -3.50. The smallest absolute Gasteiger partial charge is 0.309 e. The van der Waals surface area contributed by atoms with E-state index in [4.69, 9.17) is 4.74 Å². The van der Waals surface area contributed by atoms with Crippen LogP contribution in [0.25, 0.3) is 0 Å². The minimum absolute atomic E-state index is 0.258. The van der Waals surface area contributed by atoms with Crippen LogP contribution in [0, 0.1) is 5.92 Å². The number of ether oxygens (including phenoxy) is 1. The zero-order valence-corrected chi connectivity index (χ0v) is 18.7. The number of nitrogens with one attached hydrogen (secondary N) is 1. The molecule has 1 fully saturated rings. The highest BCUT2D eigenvalue weighted by Gasteiger charge is 2.33. The summed E-state index contributed by atoms with van der Waals surface area (Å²) >= 11 is 1.18. The maximum absolute atomic E-state index is 12.5. The van der Waals surface area contributed by atoms with Crippen LogP contribution in [0.15, 0.2) is 46.0 Å². The Morgan fingerprint density at radius 3 is 2.40 bits per heavy atom. The van der Waals surface area contributed by atoms with Crippen molar-refractivity contribution in [3.05, 3.63) is 47.3 Å². The maximum Gasteiger partial charge on any atom is 0.309 e. The van der Waals surface area contributed by atoms with Crippen LogP contribution in [0.2, 0.25) is 0 Å². The van der Waals surface area contributed by atoms with Crippen molar-refractivity contribution in [3.8, 4) is 0 Å². The molecule has 0 bridgehead atoms. The summed E-state index contributed by atoms with van der Waals surface area (Å²) < 4.78 is 31.9. The van der Waals surface area contributed by atoms with Gasteiger partial charge in [-0.2, -0.15) is 4.31 Å². The van der Waals surface area contributed by atoms with Gasteiger partial charge in [-0.1, -0.05) is 32.0 Å². The lowest BCUT2D eigenvalue weighted by Crippen LogP contribution is -2.40. The summed E-state index contributed by atoms with van der Waals surface area (Å²) in [5, 5.41) is 4.43. The van der Waals surface area contributed by atoms with Crippen molar-refractivity contribution in [2.75, 3.05) is 25.0 Å². The van der Waals surface area contributed by atoms with Gasteiger partial charge in [0.2, 0.25) is 0 Å². The Morgan fingerprint density at radius 2 is 1.83 bits per heavy atom. The summed E-state index contributed by atoms with van der Waals surface area (Å²) in [6.07, 6.45) is 0.753. The molecule has 1 aromatic heterocycles. The molecule has 0 saturated carbocycles. The molecule has 0 unspecified atom stereocenters. The third-order valence-corrected chi connectivity index (χ3v) is 8.35. The number of thiophene rings is 1. The number of sulfonamides is 1. The van der Waals surface area contributed by atoms with Gasteiger partial charge >= 0.3 is 5.97 Å². The van der Waals surface area contributed by atoms with E-state index in [1.807, 2.05) is 24.3 Å². The number of hydrogen-bond acceptors (Lipinski definition) is 6. The van der Waals surface area contributed by atoms with Gasteiger partial charge in [-0.05, 0) is 47.9 Å². The Labute approximate surface area is 181 Å². The molecule has 1 aliphatic rings. The van der Waals surface area contributed by atoms with Crippen LogP contribution in [-0.4, -0.2) is 44.3 Å². The van der Waals surface area contributed by atoms with Crippen LogP contribution < -0.4 is 5.32 Å². The summed E-state index contributed by atoms with van der Waals surface area (Å²) in [6.45, 7) is 4.34. The van der Waals surface area contributed by atoms with E-state index in [1.54, 1.807) is 17.5 Å². The van der Waals surface area contributed by atoms with Crippen molar-refractivity contribution in [3.63, 3.8) is 0 Å². The maximum atomic E-state index is 12.5. The van der Waals surface area contributed by atoms with Crippen molar-refractivity contribution in [1.29, 1.82) is 0 Å². The number of esters is 1. The normalized spacial score (nSPS) is 15.8. The Morgan fingerprint density at radius 1 is 1.17 bits per heavy atom. The summed E-state index contributed by atoms with van der Waals surface area (Å²) in [4.78, 5) is 24.4. The highest BCUT2D eigenvalue weighted by molar-refractivity contribution is 7.91. The Balaban J connectivity index is 1.44. The van der Waals surface area contributed by atoms with Crippen molar-refractivity contribution >= 4 is 38.9 Å². The number of carbonyl (C=O) groups is 2. The zero-order chi connectivity index (χ0) is 21.7. The largest absolute Gasteiger partial charge is 0.455 e. The average molecular weight is 451 g/mol. The van der Waals surface area contributed by atoms with Gasteiger partial charge in [-0.15, -0.1) is 11.3 Å². The van der Waals surface area contributed by atoms with Crippen LogP contribution >= 0.6 is 11.3 Å². The summed E-state index contributed by atoms with van der Waals surface area (Å²) in [5.74, 6) is -0.868. The summed E-state index contributed by atoms with van der Waals surface area (Å²) in [5.41, 5.74) is 1.82. The number of carbonyl (C=O) groups excluding carboxylic acids is 2. The molecule has 162 valence electrons. The molecular weight excluding hydrogens is 424 g/mol. The van der Waals surface area contributed by atoms with E-state index in [2.05, 4.69) is 19.2 Å². The second-order valence-electron chi connectivity index (χ2n) is 7.54. The highest BCUT2D eigenvalue weighted by Crippen LogP contribution is 2.26. The van der Waals surface area contributed by atoms with E-state index in [-0.39, 0.29) is 19.7 Å². The first-order valence-electron chi connectivity index (χ1n) is 9.87. The fourth-order valence-corrected chi connectivity index (χ4v) is 5.89. The van der Waals surface area contributed by atoms with E-state index in [9.17, 15) is 18.0 Å². The van der Waals surface area contributed by atoms with Gasteiger partial charge in [-0.25, -0.2) is 8.42 Å². The quantitative estimate of drug-likeness (QED) is 0.652. The van der Waals surface area contributed by atoms with Gasteiger partial charge in [0.25, 0.3) is 15.9 Å². The SMILES string of the molecule is CC(C)c1ccc(NC(=O)COC(=O)C2CCN(S(=O)(=O)c3cccs3)CC2)cc1. The molecule has 1 aromatic carbocycles. The van der Waals surface area contributed by atoms with E-state index >= 15 is 0 Å². The number of nitrogens with zero attached hydrogens (tertiary/aromatic N) is 1. The lowest BCUT2D eigenvalue weighted by molar-refractivity contribution is -0.152. The molecule has 3 rings (SSSR count). The molecule has 0 spiro atoms. The number of benzene rings is 1. The third kappa shape index (κ3) is 5.47. The first kappa shape index (κ1) is 22.5. The number of anilines is 1. The summed E-state index contributed by atoms with van der Waals surface area (Å²) in [7, 11) is -3.50. The molecule has 1 N–H and O–H groups in total. The molecule has 2 aromatic rings. The topological polar surface area (TPSA) is 92.8 Å². The number of amides is 1. The van der Waals surface area contributed by atoms with Crippen molar-refractivity contribution < 1.29 is 22.7 Å². The standard InChI is InChI=1S/C21H26N2O5S2/c1-15(2)16-5-7-18(8-6-16)22-19(24)14-28-21(25)17-9-11-23(12-10-17)30(26,27)20-4-3-13-29-20/h3-8,13,15,17H,9-12,14H2,1-2H3,(H,22,24). The second kappa shape index (κ2) is 9.72. The molecule has 9 heteroatoms. The fraction of sp³-hybridized carbons (Fsp3) is 0.429. The first-order valence-corrected chi connectivity index (χ1v) is 12.2. The fourth-order valence-electron chi connectivity index (χ4n) is 3.27. The second-order valence-corrected chi connectivity index (χ2v) is 10.7. The lowest BCUT2D eigenvalue weighted by Gasteiger charge is -2.29. The van der Waals surface area contributed by atoms with E-state index in [0.29, 0.717) is 28.7 Å². The number of rotatable bonds is 7. The first-order chi connectivity index (χ1) is 14.3. The number of piperidine rings is 1. The van der Waals surface area contributed by atoms with Gasteiger partial charge in [-0.3, -0.25) is 9.59 Å². The van der Waals surface area contributed by atoms with Gasteiger partial charge < -0.3 is 10.1 Å². The Bertz CT molecular complexity index is 961. The van der Waals surface area contributed by atoms with Crippen molar-refractivity contribution in [2.45, 2.75) is 36.8 Å². The predicted molar refractivity (Wildman–Crippen MR) is 116 cm³/mol. The molecule has 1 saturated heterocycles. The molecular formula is C21H26N2O5S2. The van der Waals surface area contributed by atoms with Gasteiger partial charge in [0.05, 0.1) is 5.92 Å². The van der Waals surface area contributed by atoms with E-state index < -0.39 is 27.8 Å². The van der Waals surface area contributed by atoms with Gasteiger partial charge in [0, 0.05) is 18.8 Å². The Kier molecular flexibility index (Phi) is 7.27. The molecule has 7 nitrogen and oxygen atoms in total. The van der Waals surface area contributed by atoms with Gasteiger partial charge in [0.15, 0.2) is 6.61 Å². The predicted octanol–water partition coefficient (Wildman–Crippen LogP) is 3.45. The molecule has 1 aliphatic heterocycles. The zero-order valence-electron chi connectivity index (χ0n) is 17.0. The Hall–Kier alpha value is -2.23. The molecule has 0 atom stereocenters. The highest BCUT2D eigenvalue weighted by atomic mass is 32.2. The van der Waals surface area contributed by atoms with Crippen LogP contribution in [0.1, 0.15) is 38.2 Å². The van der Waals surface area contributed by atoms with Crippen LogP contribution in [-0.2, 0) is 24.3 Å². The van der Waals surface area contributed by atoms with Crippen molar-refractivity contribution in [2.24, 2.45) is 5.92 Å². The van der Waals surface area contributed by atoms with E-state index in [0.717, 1.165) is 0 Å². The minimum Gasteiger partial charge on any atom is -0.455 e. The van der Waals surface area contributed by atoms with Crippen LogP contribution in [0.5, 0.6) is 0 Å². The molecule has 0 radical (unpaired) electrons. The molecule has 1 amide bonds. The summed E-state index contributed by atoms with van der Waals surface area (Å²) in [6, 6.07) is 10.8. The number of hydrogen-bond donors (Lipinski definition) is 1. The van der Waals surface area contributed by atoms with E-state index in [1.165, 1.54) is 21.2 Å². The third-order valence-electron chi connectivity index (χ3n) is 5.08. The molecule has 0 aliphatic carbocycles. The van der Waals surface area contributed by atoms with Crippen molar-refractivity contribution in [1.82, 2.24) is 4.31 Å². The monoisotopic (exact) mass is 450 g/mol. The lowest BCUT2D eigenvalue weighted by atomic mass is 9.98. The molecule has 30 heavy (non-hydrogen) atoms. The van der Waals surface area contributed by atoms with Gasteiger partial charge in [0.1, 0.15) is 4.21 Å². The average Bonchev–Trinajstić information content (AvgIpc) is 3.28. The van der Waals surface area contributed by atoms with Crippen LogP contribution in [0.3, 0.4) is 0 Å². The van der Waals surface area contributed by atoms with Crippen LogP contribution in [0.4, 0.5) is 5.69 Å². The molecule has 2 heterocycles.